The van der Waals surface area contributed by atoms with Gasteiger partial charge in [-0.25, -0.2) is 0 Å². The summed E-state index contributed by atoms with van der Waals surface area (Å²) in [5, 5.41) is 12.6. The number of ether oxygens (including phenoxy) is 1. The number of phenolic OH excluding ortho intramolecular Hbond substituents is 1. The summed E-state index contributed by atoms with van der Waals surface area (Å²) in [4.78, 5) is 40.4. The molecule has 3 rings (SSSR count). The molecule has 11 heteroatoms. The number of nitrogens with one attached hydrogen (secondary N) is 1. The fourth-order valence-corrected chi connectivity index (χ4v) is 4.19. The summed E-state index contributed by atoms with van der Waals surface area (Å²) in [6.45, 7) is 4.31. The maximum atomic E-state index is 13.9. The van der Waals surface area contributed by atoms with E-state index in [1.807, 2.05) is 19.9 Å². The van der Waals surface area contributed by atoms with Gasteiger partial charge in [-0.2, -0.15) is 4.37 Å². The molecule has 3 amide bonds. The van der Waals surface area contributed by atoms with Gasteiger partial charge in [0.1, 0.15) is 16.7 Å². The van der Waals surface area contributed by atoms with Crippen molar-refractivity contribution in [2.75, 3.05) is 30.9 Å². The second kappa shape index (κ2) is 11.0. The summed E-state index contributed by atoms with van der Waals surface area (Å²) >= 11 is 0.732. The van der Waals surface area contributed by atoms with Crippen molar-refractivity contribution in [1.29, 1.82) is 0 Å². The summed E-state index contributed by atoms with van der Waals surface area (Å²) in [6, 6.07) is 10.2. The predicted octanol–water partition coefficient (Wildman–Crippen LogP) is 2.30. The van der Waals surface area contributed by atoms with Gasteiger partial charge in [0.2, 0.25) is 5.91 Å². The third-order valence-corrected chi connectivity index (χ3v) is 6.31. The standard InChI is InChI=1S/C24H27N5O5S/c1-13-4-7-16(12-14(13)2)29(24(33)21-18(25)19(22(26)31)28-35-21)20(23(32)27-10-11-34-3)15-5-8-17(30)9-6-15/h4-9,12,20,30H,10-11,25H2,1-3H3,(H2,26,31)(H,27,32). The zero-order valence-electron chi connectivity index (χ0n) is 19.6. The van der Waals surface area contributed by atoms with Gasteiger partial charge < -0.3 is 26.6 Å². The zero-order valence-corrected chi connectivity index (χ0v) is 20.4. The molecule has 2 aromatic carbocycles. The van der Waals surface area contributed by atoms with Crippen LogP contribution >= 0.6 is 11.5 Å². The molecule has 3 aromatic rings. The number of carbonyl (C=O) groups is 3. The Morgan fingerprint density at radius 1 is 1.14 bits per heavy atom. The third-order valence-electron chi connectivity index (χ3n) is 5.46. The van der Waals surface area contributed by atoms with Crippen molar-refractivity contribution in [3.05, 3.63) is 69.7 Å². The minimum atomic E-state index is -1.14. The van der Waals surface area contributed by atoms with E-state index >= 15 is 0 Å². The monoisotopic (exact) mass is 497 g/mol. The molecule has 1 atom stereocenters. The van der Waals surface area contributed by atoms with E-state index in [2.05, 4.69) is 9.69 Å². The molecule has 10 nitrogen and oxygen atoms in total. The number of benzene rings is 2. The van der Waals surface area contributed by atoms with E-state index in [1.54, 1.807) is 24.3 Å². The van der Waals surface area contributed by atoms with Crippen molar-refractivity contribution in [3.8, 4) is 5.75 Å². The first-order chi connectivity index (χ1) is 16.6. The summed E-state index contributed by atoms with van der Waals surface area (Å²) in [5.74, 6) is -1.95. The number of aromatic nitrogens is 1. The van der Waals surface area contributed by atoms with Gasteiger partial charge in [-0.3, -0.25) is 19.3 Å². The SMILES string of the molecule is COCCNC(=O)C(c1ccc(O)cc1)N(C(=O)c1snc(C(N)=O)c1N)c1ccc(C)c(C)c1. The average molecular weight is 498 g/mol. The van der Waals surface area contributed by atoms with Crippen LogP contribution in [0.15, 0.2) is 42.5 Å². The minimum absolute atomic E-state index is 0.00847. The number of aryl methyl sites for hydroxylation is 2. The molecule has 0 aliphatic heterocycles. The fourth-order valence-electron chi connectivity index (χ4n) is 3.44. The number of hydrogen-bond acceptors (Lipinski definition) is 8. The number of amides is 3. The number of aromatic hydroxyl groups is 1. The van der Waals surface area contributed by atoms with Gasteiger partial charge in [-0.05, 0) is 66.3 Å². The Morgan fingerprint density at radius 2 is 1.83 bits per heavy atom. The minimum Gasteiger partial charge on any atom is -0.508 e. The molecular formula is C24H27N5O5S. The Labute approximate surface area is 206 Å². The molecule has 0 saturated heterocycles. The van der Waals surface area contributed by atoms with E-state index in [0.29, 0.717) is 11.3 Å². The highest BCUT2D eigenvalue weighted by molar-refractivity contribution is 7.09. The van der Waals surface area contributed by atoms with Crippen LogP contribution in [-0.4, -0.2) is 47.5 Å². The van der Waals surface area contributed by atoms with Crippen LogP contribution in [0.1, 0.15) is 42.9 Å². The molecule has 6 N–H and O–H groups in total. The van der Waals surface area contributed by atoms with E-state index in [9.17, 15) is 19.5 Å². The van der Waals surface area contributed by atoms with Crippen molar-refractivity contribution >= 4 is 40.6 Å². The molecule has 1 aromatic heterocycles. The molecule has 0 radical (unpaired) electrons. The summed E-state index contributed by atoms with van der Waals surface area (Å²) in [5.41, 5.74) is 13.8. The molecule has 0 bridgehead atoms. The van der Waals surface area contributed by atoms with Gasteiger partial charge in [0.15, 0.2) is 5.69 Å². The van der Waals surface area contributed by atoms with E-state index in [-0.39, 0.29) is 35.2 Å². The van der Waals surface area contributed by atoms with Gasteiger partial charge in [0.25, 0.3) is 11.8 Å². The van der Waals surface area contributed by atoms with Crippen molar-refractivity contribution in [1.82, 2.24) is 9.69 Å². The smallest absolute Gasteiger partial charge is 0.273 e. The highest BCUT2D eigenvalue weighted by Crippen LogP contribution is 2.34. The van der Waals surface area contributed by atoms with Gasteiger partial charge in [-0.15, -0.1) is 0 Å². The van der Waals surface area contributed by atoms with Crippen molar-refractivity contribution < 1.29 is 24.2 Å². The first-order valence-electron chi connectivity index (χ1n) is 10.7. The topological polar surface area (TPSA) is 161 Å². The van der Waals surface area contributed by atoms with Crippen LogP contribution < -0.4 is 21.7 Å². The number of hydrogen-bond donors (Lipinski definition) is 4. The van der Waals surface area contributed by atoms with Crippen LogP contribution in [0.25, 0.3) is 0 Å². The number of carbonyl (C=O) groups excluding carboxylic acids is 3. The number of methoxy groups -OCH3 is 1. The predicted molar refractivity (Wildman–Crippen MR) is 134 cm³/mol. The molecule has 1 heterocycles. The quantitative estimate of drug-likeness (QED) is 0.330. The van der Waals surface area contributed by atoms with Crippen LogP contribution in [-0.2, 0) is 9.53 Å². The number of nitrogen functional groups attached to an aromatic ring is 1. The largest absolute Gasteiger partial charge is 0.508 e. The van der Waals surface area contributed by atoms with E-state index < -0.39 is 23.8 Å². The van der Waals surface area contributed by atoms with Crippen molar-refractivity contribution in [2.45, 2.75) is 19.9 Å². The van der Waals surface area contributed by atoms with Gasteiger partial charge in [0, 0.05) is 19.3 Å². The molecular weight excluding hydrogens is 470 g/mol. The van der Waals surface area contributed by atoms with Gasteiger partial charge >= 0.3 is 0 Å². The summed E-state index contributed by atoms with van der Waals surface area (Å²) < 4.78 is 8.97. The van der Waals surface area contributed by atoms with E-state index in [1.165, 1.54) is 24.1 Å². The molecule has 1 unspecified atom stereocenters. The van der Waals surface area contributed by atoms with Crippen molar-refractivity contribution in [3.63, 3.8) is 0 Å². The normalized spacial score (nSPS) is 11.6. The Bertz CT molecular complexity index is 1240. The fraction of sp³-hybridized carbons (Fsp3) is 0.250. The number of anilines is 2. The zero-order chi connectivity index (χ0) is 25.7. The molecule has 0 aliphatic carbocycles. The first kappa shape index (κ1) is 25.7. The van der Waals surface area contributed by atoms with Crippen LogP contribution in [0, 0.1) is 13.8 Å². The first-order valence-corrected chi connectivity index (χ1v) is 11.4. The maximum Gasteiger partial charge on any atom is 0.273 e. The Balaban J connectivity index is 2.20. The average Bonchev–Trinajstić information content (AvgIpc) is 3.21. The van der Waals surface area contributed by atoms with Crippen LogP contribution in [0.4, 0.5) is 11.4 Å². The molecule has 35 heavy (non-hydrogen) atoms. The number of nitrogens with two attached hydrogens (primary N) is 2. The summed E-state index contributed by atoms with van der Waals surface area (Å²) in [6.07, 6.45) is 0. The number of primary amides is 1. The number of nitrogens with zero attached hydrogens (tertiary/aromatic N) is 2. The lowest BCUT2D eigenvalue weighted by atomic mass is 10.0. The maximum absolute atomic E-state index is 13.9. The van der Waals surface area contributed by atoms with Crippen LogP contribution in [0.5, 0.6) is 5.75 Å². The molecule has 0 aliphatic rings. The van der Waals surface area contributed by atoms with Crippen LogP contribution in [0.3, 0.4) is 0 Å². The second-order valence-electron chi connectivity index (χ2n) is 7.86. The second-order valence-corrected chi connectivity index (χ2v) is 8.63. The van der Waals surface area contributed by atoms with Gasteiger partial charge in [0.05, 0.1) is 12.3 Å². The Morgan fingerprint density at radius 3 is 2.40 bits per heavy atom. The van der Waals surface area contributed by atoms with E-state index in [4.69, 9.17) is 16.2 Å². The highest BCUT2D eigenvalue weighted by atomic mass is 32.1. The lowest BCUT2D eigenvalue weighted by molar-refractivity contribution is -0.122. The highest BCUT2D eigenvalue weighted by Gasteiger charge is 2.36. The molecule has 184 valence electrons. The number of rotatable bonds is 9. The molecule has 0 spiro atoms. The Hall–Kier alpha value is -3.96. The third kappa shape index (κ3) is 5.58. The summed E-state index contributed by atoms with van der Waals surface area (Å²) in [7, 11) is 1.51. The lowest BCUT2D eigenvalue weighted by Gasteiger charge is -2.31. The Kier molecular flexibility index (Phi) is 8.05. The molecule has 0 saturated carbocycles. The lowest BCUT2D eigenvalue weighted by Crippen LogP contribution is -2.44. The number of phenols is 1. The van der Waals surface area contributed by atoms with E-state index in [0.717, 1.165) is 22.7 Å². The van der Waals surface area contributed by atoms with Gasteiger partial charge in [-0.1, -0.05) is 18.2 Å². The van der Waals surface area contributed by atoms with Crippen LogP contribution in [0.2, 0.25) is 0 Å². The molecule has 0 fully saturated rings. The van der Waals surface area contributed by atoms with Crippen molar-refractivity contribution in [2.24, 2.45) is 5.73 Å².